The number of nitrogens with one attached hydrogen (secondary N) is 1. The van der Waals surface area contributed by atoms with Gasteiger partial charge in [-0.2, -0.15) is 0 Å². The maximum Gasteiger partial charge on any atom is -1.00 e. The summed E-state index contributed by atoms with van der Waals surface area (Å²) in [6.45, 7) is 8.07. The Bertz CT molecular complexity index is 512. The zero-order valence-electron chi connectivity index (χ0n) is 18.1. The Balaban J connectivity index is 0. The van der Waals surface area contributed by atoms with Gasteiger partial charge in [-0.15, -0.1) is 0 Å². The van der Waals surface area contributed by atoms with Gasteiger partial charge in [-0.3, -0.25) is 0 Å². The van der Waals surface area contributed by atoms with Crippen molar-refractivity contribution in [2.24, 2.45) is 0 Å². The van der Waals surface area contributed by atoms with E-state index in [4.69, 9.17) is 0 Å². The number of benzene rings is 1. The number of hydrogen-bond donors (Lipinski definition) is 1. The molecule has 0 aliphatic carbocycles. The molecular formula is C21H37Cl3N4Ti. The summed E-state index contributed by atoms with van der Waals surface area (Å²) in [6, 6.07) is 11.1. The van der Waals surface area contributed by atoms with E-state index in [0.29, 0.717) is 0 Å². The summed E-state index contributed by atoms with van der Waals surface area (Å²) in [6.07, 6.45) is 4.85. The summed E-state index contributed by atoms with van der Waals surface area (Å²) in [5.74, 6) is 0. The van der Waals surface area contributed by atoms with Crippen LogP contribution >= 0.6 is 0 Å². The largest absolute Gasteiger partial charge is 1.00 e. The summed E-state index contributed by atoms with van der Waals surface area (Å²) >= 11 is 2.42. The van der Waals surface area contributed by atoms with E-state index in [1.54, 1.807) is 0 Å². The third-order valence-electron chi connectivity index (χ3n) is 5.58. The minimum atomic E-state index is 0. The summed E-state index contributed by atoms with van der Waals surface area (Å²) in [4.78, 5) is 7.56. The molecule has 1 aromatic rings. The molecule has 1 aliphatic heterocycles. The Morgan fingerprint density at radius 1 is 0.759 bits per heavy atom. The van der Waals surface area contributed by atoms with Gasteiger partial charge in [0.05, 0.1) is 0 Å². The second-order valence-electron chi connectivity index (χ2n) is 7.82. The van der Waals surface area contributed by atoms with Crippen molar-refractivity contribution >= 4 is 0 Å². The van der Waals surface area contributed by atoms with Gasteiger partial charge in [0.25, 0.3) is 0 Å². The van der Waals surface area contributed by atoms with Crippen molar-refractivity contribution < 1.29 is 57.7 Å². The van der Waals surface area contributed by atoms with Crippen LogP contribution in [-0.4, -0.2) is 81.7 Å². The van der Waals surface area contributed by atoms with Crippen molar-refractivity contribution in [1.29, 1.82) is 0 Å². The average molecular weight is 500 g/mol. The van der Waals surface area contributed by atoms with Gasteiger partial charge in [0.15, 0.2) is 0 Å². The molecule has 4 nitrogen and oxygen atoms in total. The molecule has 0 saturated carbocycles. The Morgan fingerprint density at radius 2 is 1.28 bits per heavy atom. The third-order valence-corrected chi connectivity index (χ3v) is 7.02. The van der Waals surface area contributed by atoms with Crippen LogP contribution in [0.1, 0.15) is 31.2 Å². The molecule has 8 heteroatoms. The number of rotatable bonds is 1. The van der Waals surface area contributed by atoms with Crippen LogP contribution in [-0.2, 0) is 24.3 Å². The van der Waals surface area contributed by atoms with Crippen molar-refractivity contribution in [3.8, 4) is 0 Å². The first-order chi connectivity index (χ1) is 12.5. The van der Waals surface area contributed by atoms with E-state index in [2.05, 4.69) is 91.9 Å². The summed E-state index contributed by atoms with van der Waals surface area (Å²) < 4.78 is 0.0867. The molecule has 0 spiro atoms. The Labute approximate surface area is 209 Å². The van der Waals surface area contributed by atoms with E-state index in [1.165, 1.54) is 44.5 Å². The second-order valence-corrected chi connectivity index (χ2v) is 9.11. The molecule has 166 valence electrons. The third kappa shape index (κ3) is 11.2. The van der Waals surface area contributed by atoms with Crippen molar-refractivity contribution in [1.82, 2.24) is 20.0 Å². The first-order valence-electron chi connectivity index (χ1n) is 10.1. The number of halogens is 3. The van der Waals surface area contributed by atoms with E-state index < -0.39 is 0 Å². The van der Waals surface area contributed by atoms with Crippen LogP contribution in [0.3, 0.4) is 0 Å². The van der Waals surface area contributed by atoms with Crippen LogP contribution in [0.4, 0.5) is 0 Å². The summed E-state index contributed by atoms with van der Waals surface area (Å²) in [5, 5.41) is 3.60. The van der Waals surface area contributed by atoms with Crippen LogP contribution in [0.2, 0.25) is 0 Å². The summed E-state index contributed by atoms with van der Waals surface area (Å²) in [7, 11) is 6.83. The first-order valence-corrected chi connectivity index (χ1v) is 10.9. The van der Waals surface area contributed by atoms with Gasteiger partial charge in [-0.25, -0.2) is 0 Å². The Morgan fingerprint density at radius 3 is 1.86 bits per heavy atom. The zero-order chi connectivity index (χ0) is 18.8. The zero-order valence-corrected chi connectivity index (χ0v) is 22.0. The van der Waals surface area contributed by atoms with Gasteiger partial charge in [0.2, 0.25) is 0 Å². The average Bonchev–Trinajstić information content (AvgIpc) is 2.65. The predicted molar refractivity (Wildman–Crippen MR) is 107 cm³/mol. The van der Waals surface area contributed by atoms with Crippen LogP contribution < -0.4 is 42.5 Å². The quantitative estimate of drug-likeness (QED) is 0.388. The second kappa shape index (κ2) is 17.2. The van der Waals surface area contributed by atoms with Crippen LogP contribution in [0.5, 0.6) is 0 Å². The first kappa shape index (κ1) is 31.8. The minimum absolute atomic E-state index is 0. The topological polar surface area (TPSA) is 21.8 Å². The van der Waals surface area contributed by atoms with Crippen molar-refractivity contribution in [3.63, 3.8) is 0 Å². The smallest absolute Gasteiger partial charge is 1.00 e. The predicted octanol–water partition coefficient (Wildman–Crippen LogP) is -6.64. The van der Waals surface area contributed by atoms with Crippen LogP contribution in [0, 0.1) is 0 Å². The van der Waals surface area contributed by atoms with Crippen molar-refractivity contribution in [2.75, 3.05) is 67.0 Å². The number of hydrogen-bond acceptors (Lipinski definition) is 4. The molecule has 0 bridgehead atoms. The molecule has 0 aromatic heterocycles. The molecule has 1 N–H and O–H groups in total. The normalized spacial score (nSPS) is 24.6. The van der Waals surface area contributed by atoms with Gasteiger partial charge in [0, 0.05) is 0 Å². The molecule has 2 rings (SSSR count). The molecule has 1 unspecified atom stereocenters. The van der Waals surface area contributed by atoms with Crippen LogP contribution in [0.25, 0.3) is 0 Å². The number of nitrogens with zero attached hydrogens (tertiary/aromatic N) is 3. The monoisotopic (exact) mass is 498 g/mol. The molecule has 1 saturated heterocycles. The van der Waals surface area contributed by atoms with E-state index in [0.717, 1.165) is 32.6 Å². The molecule has 29 heavy (non-hydrogen) atoms. The van der Waals surface area contributed by atoms with Crippen molar-refractivity contribution in [2.45, 2.75) is 29.5 Å². The van der Waals surface area contributed by atoms with E-state index in [-0.39, 0.29) is 41.1 Å². The van der Waals surface area contributed by atoms with Gasteiger partial charge in [-0.1, -0.05) is 0 Å². The molecule has 1 atom stereocenters. The van der Waals surface area contributed by atoms with Gasteiger partial charge < -0.3 is 37.2 Å². The molecule has 1 aliphatic rings. The Kier molecular flexibility index (Phi) is 18.9. The van der Waals surface area contributed by atoms with E-state index in [1.807, 2.05) is 0 Å². The Hall–Kier alpha value is 0.644. The van der Waals surface area contributed by atoms with E-state index in [9.17, 15) is 0 Å². The fourth-order valence-electron chi connectivity index (χ4n) is 3.69. The fraction of sp³-hybridized carbons (Fsp3) is 0.714. The maximum absolute atomic E-state index is 3.60. The van der Waals surface area contributed by atoms with Gasteiger partial charge >= 0.3 is 173 Å². The minimum Gasteiger partial charge on any atom is -1.00 e. The SMILES string of the molecule is CN1CCCNCCCN(C)CC[C]([Ti+3])(c2ccccc2)N(C)CCC1.[Cl-].[Cl-].[Cl-]. The van der Waals surface area contributed by atoms with Crippen LogP contribution in [0.15, 0.2) is 30.3 Å². The van der Waals surface area contributed by atoms with E-state index >= 15 is 0 Å². The molecule has 1 heterocycles. The van der Waals surface area contributed by atoms with Crippen molar-refractivity contribution in [3.05, 3.63) is 35.9 Å². The van der Waals surface area contributed by atoms with Gasteiger partial charge in [0.1, 0.15) is 0 Å². The van der Waals surface area contributed by atoms with Gasteiger partial charge in [-0.05, 0) is 0 Å². The molecule has 1 fully saturated rings. The molecule has 1 aromatic carbocycles. The fourth-order valence-corrected chi connectivity index (χ4v) is 4.30. The standard InChI is InChI=1S/C21H37N4.3ClH.Ti/c1-23-15-7-13-22-14-8-16-24(2)19-12-21(25(3)18-9-17-23)20-10-5-4-6-11-20;;;;/h4-6,10-11,22H,7-9,12-19H2,1-3H3;3*1H;/q;;;;+3/p-3. The molecule has 0 radical (unpaired) electrons. The summed E-state index contributed by atoms with van der Waals surface area (Å²) in [5.41, 5.74) is 1.44. The molecule has 0 amide bonds. The molecular weight excluding hydrogens is 462 g/mol. The maximum atomic E-state index is 3.60.